The summed E-state index contributed by atoms with van der Waals surface area (Å²) in [5, 5.41) is 0.342. The Morgan fingerprint density at radius 2 is 1.70 bits per heavy atom. The lowest BCUT2D eigenvalue weighted by Crippen LogP contribution is -2.31. The van der Waals surface area contributed by atoms with Crippen LogP contribution in [-0.2, 0) is 4.79 Å². The number of anilines is 1. The smallest absolute Gasteiger partial charge is 0.281 e. The molecule has 0 N–H and O–H groups in total. The van der Waals surface area contributed by atoms with Crippen LogP contribution < -0.4 is 28.6 Å². The maximum absolute atomic E-state index is 13.3. The van der Waals surface area contributed by atoms with Crippen LogP contribution in [0.25, 0.3) is 6.08 Å². The highest BCUT2D eigenvalue weighted by Gasteiger charge is 2.37. The summed E-state index contributed by atoms with van der Waals surface area (Å²) in [6.45, 7) is 0.125. The third kappa shape index (κ3) is 3.26. The maximum Gasteiger partial charge on any atom is 0.281 e. The molecule has 0 saturated carbocycles. The summed E-state index contributed by atoms with van der Waals surface area (Å²) in [4.78, 5) is 16.4. The molecule has 1 saturated heterocycles. The molecule has 2 heterocycles. The Hall–Kier alpha value is -3.46. The van der Waals surface area contributed by atoms with E-state index in [1.54, 1.807) is 69.7 Å². The van der Waals surface area contributed by atoms with Gasteiger partial charge < -0.3 is 28.6 Å². The Morgan fingerprint density at radius 3 is 2.33 bits per heavy atom. The first-order chi connectivity index (χ1) is 14.5. The van der Waals surface area contributed by atoms with Crippen molar-refractivity contribution in [2.45, 2.75) is 0 Å². The number of methoxy groups -OCH3 is 3. The topological polar surface area (TPSA) is 69.7 Å². The monoisotopic (exact) mass is 428 g/mol. The highest BCUT2D eigenvalue weighted by molar-refractivity contribution is 7.80. The van der Waals surface area contributed by atoms with Gasteiger partial charge in [-0.1, -0.05) is 0 Å². The molecule has 1 fully saturated rings. The van der Waals surface area contributed by atoms with E-state index in [1.807, 2.05) is 0 Å². The van der Waals surface area contributed by atoms with Crippen molar-refractivity contribution in [3.05, 3.63) is 41.6 Å². The molecular formula is C21H20N2O6S. The van der Waals surface area contributed by atoms with E-state index in [-0.39, 0.29) is 12.7 Å². The predicted molar refractivity (Wildman–Crippen MR) is 114 cm³/mol. The molecule has 0 atom stereocenters. The number of rotatable bonds is 5. The highest BCUT2D eigenvalue weighted by atomic mass is 32.1. The molecule has 0 aliphatic carbocycles. The Morgan fingerprint density at radius 1 is 1.00 bits per heavy atom. The third-order valence-electron chi connectivity index (χ3n) is 4.84. The van der Waals surface area contributed by atoms with Crippen molar-refractivity contribution >= 4 is 35.0 Å². The normalized spacial score (nSPS) is 16.5. The Kier molecular flexibility index (Phi) is 5.13. The number of hydrogen-bond donors (Lipinski definition) is 0. The zero-order valence-corrected chi connectivity index (χ0v) is 17.7. The van der Waals surface area contributed by atoms with E-state index in [1.165, 1.54) is 4.90 Å². The second kappa shape index (κ2) is 7.75. The largest absolute Gasteiger partial charge is 0.497 e. The van der Waals surface area contributed by atoms with Gasteiger partial charge >= 0.3 is 0 Å². The van der Waals surface area contributed by atoms with E-state index in [0.29, 0.717) is 45.2 Å². The van der Waals surface area contributed by atoms with Crippen LogP contribution >= 0.6 is 12.2 Å². The number of carbonyl (C=O) groups excluding carboxylic acids is 1. The van der Waals surface area contributed by atoms with Crippen molar-refractivity contribution in [2.24, 2.45) is 0 Å². The summed E-state index contributed by atoms with van der Waals surface area (Å²) < 4.78 is 26.9. The maximum atomic E-state index is 13.3. The van der Waals surface area contributed by atoms with Crippen molar-refractivity contribution in [3.63, 3.8) is 0 Å². The molecule has 2 aromatic rings. The summed E-state index contributed by atoms with van der Waals surface area (Å²) >= 11 is 5.54. The van der Waals surface area contributed by atoms with Crippen molar-refractivity contribution in [1.29, 1.82) is 0 Å². The minimum atomic E-state index is -0.269. The zero-order valence-electron chi connectivity index (χ0n) is 16.9. The fourth-order valence-corrected chi connectivity index (χ4v) is 3.58. The van der Waals surface area contributed by atoms with Crippen molar-refractivity contribution < 1.29 is 28.5 Å². The van der Waals surface area contributed by atoms with E-state index < -0.39 is 0 Å². The van der Waals surface area contributed by atoms with Gasteiger partial charge in [-0.25, -0.2) is 0 Å². The number of amides is 1. The quantitative estimate of drug-likeness (QED) is 0.532. The van der Waals surface area contributed by atoms with Gasteiger partial charge in [0.15, 0.2) is 16.6 Å². The van der Waals surface area contributed by atoms with E-state index >= 15 is 0 Å². The van der Waals surface area contributed by atoms with Gasteiger partial charge in [-0.3, -0.25) is 9.69 Å². The summed E-state index contributed by atoms with van der Waals surface area (Å²) in [7, 11) is 6.39. The van der Waals surface area contributed by atoms with Gasteiger partial charge in [0, 0.05) is 25.2 Å². The SMILES string of the molecule is COc1cc(OC)cc(N2C(=O)/C(=C\c3cc(OC)c4c(c3)OCO4)N(C)C2=S)c1. The second-order valence-corrected chi connectivity index (χ2v) is 6.90. The van der Waals surface area contributed by atoms with Gasteiger partial charge in [-0.2, -0.15) is 0 Å². The highest BCUT2D eigenvalue weighted by Crippen LogP contribution is 2.42. The van der Waals surface area contributed by atoms with E-state index in [0.717, 1.165) is 5.56 Å². The number of fused-ring (bicyclic) bond motifs is 1. The molecule has 0 radical (unpaired) electrons. The molecule has 9 heteroatoms. The first-order valence-corrected chi connectivity index (χ1v) is 9.42. The number of thiocarbonyl (C=S) groups is 1. The van der Waals surface area contributed by atoms with Crippen molar-refractivity contribution in [1.82, 2.24) is 4.90 Å². The first-order valence-electron chi connectivity index (χ1n) is 9.01. The van der Waals surface area contributed by atoms with Gasteiger partial charge in [-0.15, -0.1) is 0 Å². The Bertz CT molecular complexity index is 1050. The van der Waals surface area contributed by atoms with Crippen molar-refractivity contribution in [3.8, 4) is 28.7 Å². The fraction of sp³-hybridized carbons (Fsp3) is 0.238. The lowest BCUT2D eigenvalue weighted by molar-refractivity contribution is -0.114. The molecule has 0 unspecified atom stereocenters. The molecule has 0 bridgehead atoms. The number of nitrogens with zero attached hydrogens (tertiary/aromatic N) is 2. The molecular weight excluding hydrogens is 408 g/mol. The molecule has 8 nitrogen and oxygen atoms in total. The van der Waals surface area contributed by atoms with Gasteiger partial charge in [0.2, 0.25) is 12.5 Å². The number of hydrogen-bond acceptors (Lipinski definition) is 7. The summed E-state index contributed by atoms with van der Waals surface area (Å²) in [5.41, 5.74) is 1.68. The van der Waals surface area contributed by atoms with Crippen molar-refractivity contribution in [2.75, 3.05) is 40.1 Å². The second-order valence-electron chi connectivity index (χ2n) is 6.54. The van der Waals surface area contributed by atoms with E-state index in [4.69, 9.17) is 35.9 Å². The van der Waals surface area contributed by atoms with Crippen LogP contribution in [0.1, 0.15) is 5.56 Å². The summed E-state index contributed by atoms with van der Waals surface area (Å²) in [6, 6.07) is 8.76. The lowest BCUT2D eigenvalue weighted by Gasteiger charge is -2.18. The molecule has 2 aliphatic heterocycles. The van der Waals surface area contributed by atoms with Crippen LogP contribution in [0.5, 0.6) is 28.7 Å². The Balaban J connectivity index is 1.74. The number of benzene rings is 2. The van der Waals surface area contributed by atoms with Crippen LogP contribution in [0.4, 0.5) is 5.69 Å². The standard InChI is InChI=1S/C21H20N2O6S/c1-22-16(5-12-6-17(27-4)19-18(7-12)28-11-29-19)20(24)23(21(22)30)13-8-14(25-2)10-15(9-13)26-3/h5-10H,11H2,1-4H3/b16-5+. The molecule has 0 aromatic heterocycles. The third-order valence-corrected chi connectivity index (χ3v) is 5.30. The summed E-state index contributed by atoms with van der Waals surface area (Å²) in [5.74, 6) is 2.48. The van der Waals surface area contributed by atoms with Crippen LogP contribution in [-0.4, -0.2) is 51.1 Å². The van der Waals surface area contributed by atoms with Crippen LogP contribution in [0.2, 0.25) is 0 Å². The molecule has 0 spiro atoms. The zero-order chi connectivity index (χ0) is 21.4. The molecule has 1 amide bonds. The van der Waals surface area contributed by atoms with E-state index in [9.17, 15) is 4.79 Å². The van der Waals surface area contributed by atoms with Gasteiger partial charge in [-0.05, 0) is 36.0 Å². The number of ether oxygens (including phenoxy) is 5. The van der Waals surface area contributed by atoms with Crippen LogP contribution in [0.3, 0.4) is 0 Å². The number of likely N-dealkylation sites (N-methyl/N-ethyl adjacent to an activating group) is 1. The molecule has 2 aromatic carbocycles. The first kappa shape index (κ1) is 19.8. The molecule has 30 heavy (non-hydrogen) atoms. The fourth-order valence-electron chi connectivity index (χ4n) is 3.30. The van der Waals surface area contributed by atoms with E-state index in [2.05, 4.69) is 0 Å². The number of carbonyl (C=O) groups is 1. The minimum Gasteiger partial charge on any atom is -0.497 e. The van der Waals surface area contributed by atoms with Crippen LogP contribution in [0, 0.1) is 0 Å². The predicted octanol–water partition coefficient (Wildman–Crippen LogP) is 3.05. The summed E-state index contributed by atoms with van der Waals surface area (Å²) in [6.07, 6.45) is 1.73. The molecule has 2 aliphatic rings. The lowest BCUT2D eigenvalue weighted by atomic mass is 10.1. The van der Waals surface area contributed by atoms with Crippen LogP contribution in [0.15, 0.2) is 36.0 Å². The molecule has 4 rings (SSSR count). The van der Waals surface area contributed by atoms with Gasteiger partial charge in [0.25, 0.3) is 5.91 Å². The van der Waals surface area contributed by atoms with Gasteiger partial charge in [0.05, 0.1) is 27.0 Å². The average molecular weight is 428 g/mol. The Labute approximate surface area is 179 Å². The average Bonchev–Trinajstić information content (AvgIpc) is 3.31. The van der Waals surface area contributed by atoms with Gasteiger partial charge in [0.1, 0.15) is 17.2 Å². The molecule has 156 valence electrons. The minimum absolute atomic E-state index is 0.125.